The second kappa shape index (κ2) is 6.86. The normalized spacial score (nSPS) is 11.3. The Bertz CT molecular complexity index is 377. The minimum absolute atomic E-state index is 0.588. The molecule has 0 saturated carbocycles. The molecule has 18 heavy (non-hydrogen) atoms. The number of likely N-dealkylation sites (N-methyl/N-ethyl adjacent to an activating group) is 1. The molecule has 1 aromatic carbocycles. The molecule has 0 radical (unpaired) electrons. The summed E-state index contributed by atoms with van der Waals surface area (Å²) in [7, 11) is 4.16. The predicted molar refractivity (Wildman–Crippen MR) is 81.5 cm³/mol. The van der Waals surface area contributed by atoms with Crippen LogP contribution in [-0.4, -0.2) is 38.6 Å². The summed E-state index contributed by atoms with van der Waals surface area (Å²) in [6.07, 6.45) is 0. The van der Waals surface area contributed by atoms with Gasteiger partial charge in [-0.2, -0.15) is 0 Å². The van der Waals surface area contributed by atoms with Crippen LogP contribution < -0.4 is 10.6 Å². The number of nitrogen functional groups attached to an aromatic ring is 1. The summed E-state index contributed by atoms with van der Waals surface area (Å²) in [6, 6.07) is 5.66. The van der Waals surface area contributed by atoms with Crippen LogP contribution in [0.1, 0.15) is 13.8 Å². The van der Waals surface area contributed by atoms with Gasteiger partial charge in [0.2, 0.25) is 0 Å². The molecule has 0 aliphatic rings. The molecule has 0 heterocycles. The van der Waals surface area contributed by atoms with Gasteiger partial charge in [0.05, 0.1) is 11.4 Å². The van der Waals surface area contributed by atoms with E-state index in [1.54, 1.807) is 0 Å². The van der Waals surface area contributed by atoms with Gasteiger partial charge in [0.25, 0.3) is 0 Å². The fourth-order valence-corrected chi connectivity index (χ4v) is 2.03. The van der Waals surface area contributed by atoms with Crippen LogP contribution in [0.2, 0.25) is 5.02 Å². The van der Waals surface area contributed by atoms with Crippen molar-refractivity contribution in [2.75, 3.05) is 44.4 Å². The Morgan fingerprint density at radius 1 is 1.22 bits per heavy atom. The lowest BCUT2D eigenvalue weighted by Gasteiger charge is -2.29. The van der Waals surface area contributed by atoms with Crippen molar-refractivity contribution in [1.82, 2.24) is 4.90 Å². The summed E-state index contributed by atoms with van der Waals surface area (Å²) < 4.78 is 0. The average molecular weight is 270 g/mol. The van der Waals surface area contributed by atoms with Crippen molar-refractivity contribution in [3.63, 3.8) is 0 Å². The van der Waals surface area contributed by atoms with Crippen LogP contribution in [0.3, 0.4) is 0 Å². The van der Waals surface area contributed by atoms with E-state index in [0.29, 0.717) is 5.92 Å². The first-order valence-corrected chi connectivity index (χ1v) is 6.72. The van der Waals surface area contributed by atoms with Gasteiger partial charge in [0, 0.05) is 24.7 Å². The summed E-state index contributed by atoms with van der Waals surface area (Å²) in [5, 5.41) is 0.734. The van der Waals surface area contributed by atoms with Gasteiger partial charge in [-0.15, -0.1) is 0 Å². The minimum Gasteiger partial charge on any atom is -0.397 e. The molecule has 0 aromatic heterocycles. The van der Waals surface area contributed by atoms with Gasteiger partial charge < -0.3 is 15.5 Å². The molecule has 0 unspecified atom stereocenters. The maximum absolute atomic E-state index is 6.07. The Kier molecular flexibility index (Phi) is 5.76. The summed E-state index contributed by atoms with van der Waals surface area (Å²) in [6.45, 7) is 7.36. The topological polar surface area (TPSA) is 32.5 Å². The van der Waals surface area contributed by atoms with E-state index < -0.39 is 0 Å². The molecule has 0 saturated heterocycles. The summed E-state index contributed by atoms with van der Waals surface area (Å²) >= 11 is 6.07. The number of anilines is 2. The van der Waals surface area contributed by atoms with Crippen LogP contribution in [0.15, 0.2) is 18.2 Å². The van der Waals surface area contributed by atoms with E-state index in [-0.39, 0.29) is 0 Å². The Morgan fingerprint density at radius 3 is 2.44 bits per heavy atom. The van der Waals surface area contributed by atoms with Crippen molar-refractivity contribution in [3.8, 4) is 0 Å². The van der Waals surface area contributed by atoms with Crippen molar-refractivity contribution in [2.24, 2.45) is 5.92 Å². The molecule has 0 atom stereocenters. The third kappa shape index (κ3) is 4.75. The lowest BCUT2D eigenvalue weighted by atomic mass is 10.1. The zero-order valence-electron chi connectivity index (χ0n) is 11.8. The van der Waals surface area contributed by atoms with Crippen LogP contribution in [0, 0.1) is 5.92 Å². The second-order valence-corrected chi connectivity index (χ2v) is 5.78. The first kappa shape index (κ1) is 15.1. The predicted octanol–water partition coefficient (Wildman–Crippen LogP) is 2.95. The number of nitrogens with two attached hydrogens (primary N) is 1. The Hall–Kier alpha value is -0.930. The molecule has 0 aliphatic heterocycles. The summed E-state index contributed by atoms with van der Waals surface area (Å²) in [4.78, 5) is 4.49. The molecule has 0 spiro atoms. The van der Waals surface area contributed by atoms with Gasteiger partial charge in [-0.1, -0.05) is 25.4 Å². The van der Waals surface area contributed by atoms with E-state index >= 15 is 0 Å². The molecule has 1 aromatic rings. The van der Waals surface area contributed by atoms with Gasteiger partial charge in [0.15, 0.2) is 0 Å². The minimum atomic E-state index is 0.588. The van der Waals surface area contributed by atoms with Gasteiger partial charge in [-0.05, 0) is 38.2 Å². The fourth-order valence-electron chi connectivity index (χ4n) is 1.86. The van der Waals surface area contributed by atoms with E-state index in [1.807, 2.05) is 18.2 Å². The highest BCUT2D eigenvalue weighted by Gasteiger charge is 2.12. The summed E-state index contributed by atoms with van der Waals surface area (Å²) in [5.74, 6) is 0.588. The maximum Gasteiger partial charge on any atom is 0.0615 e. The smallest absolute Gasteiger partial charge is 0.0615 e. The van der Waals surface area contributed by atoms with Crippen molar-refractivity contribution < 1.29 is 0 Å². The van der Waals surface area contributed by atoms with Crippen LogP contribution in [0.5, 0.6) is 0 Å². The standard InChI is InChI=1S/C14H24ClN3/c1-11(2)10-18(8-7-17(3)4)14-9-12(15)5-6-13(14)16/h5-6,9,11H,7-8,10,16H2,1-4H3. The zero-order chi connectivity index (χ0) is 13.7. The molecule has 102 valence electrons. The van der Waals surface area contributed by atoms with E-state index in [9.17, 15) is 0 Å². The highest BCUT2D eigenvalue weighted by Crippen LogP contribution is 2.27. The van der Waals surface area contributed by atoms with Crippen LogP contribution in [0.25, 0.3) is 0 Å². The van der Waals surface area contributed by atoms with E-state index in [4.69, 9.17) is 17.3 Å². The molecule has 0 bridgehead atoms. The van der Waals surface area contributed by atoms with Crippen molar-refractivity contribution >= 4 is 23.0 Å². The monoisotopic (exact) mass is 269 g/mol. The molecule has 0 amide bonds. The SMILES string of the molecule is CC(C)CN(CCN(C)C)c1cc(Cl)ccc1N. The number of benzene rings is 1. The quantitative estimate of drug-likeness (QED) is 0.806. The van der Waals surface area contributed by atoms with Gasteiger partial charge in [-0.25, -0.2) is 0 Å². The molecule has 2 N–H and O–H groups in total. The van der Waals surface area contributed by atoms with E-state index in [1.165, 1.54) is 0 Å². The number of hydrogen-bond donors (Lipinski definition) is 1. The van der Waals surface area contributed by atoms with Gasteiger partial charge >= 0.3 is 0 Å². The third-order valence-corrected chi connectivity index (χ3v) is 2.97. The van der Waals surface area contributed by atoms with E-state index in [2.05, 4.69) is 37.7 Å². The number of hydrogen-bond acceptors (Lipinski definition) is 3. The number of nitrogens with zero attached hydrogens (tertiary/aromatic N) is 2. The molecular formula is C14H24ClN3. The number of halogens is 1. The first-order chi connectivity index (χ1) is 8.40. The third-order valence-electron chi connectivity index (χ3n) is 2.74. The average Bonchev–Trinajstić information content (AvgIpc) is 2.27. The Labute approximate surface area is 116 Å². The molecule has 3 nitrogen and oxygen atoms in total. The van der Waals surface area contributed by atoms with Crippen LogP contribution in [0.4, 0.5) is 11.4 Å². The molecule has 1 rings (SSSR count). The maximum atomic E-state index is 6.07. The second-order valence-electron chi connectivity index (χ2n) is 5.35. The molecular weight excluding hydrogens is 246 g/mol. The fraction of sp³-hybridized carbons (Fsp3) is 0.571. The van der Waals surface area contributed by atoms with Crippen molar-refractivity contribution in [2.45, 2.75) is 13.8 Å². The Morgan fingerprint density at radius 2 is 1.89 bits per heavy atom. The zero-order valence-corrected chi connectivity index (χ0v) is 12.5. The molecule has 4 heteroatoms. The number of rotatable bonds is 6. The van der Waals surface area contributed by atoms with Crippen molar-refractivity contribution in [3.05, 3.63) is 23.2 Å². The largest absolute Gasteiger partial charge is 0.397 e. The lowest BCUT2D eigenvalue weighted by Crippen LogP contribution is -2.34. The summed E-state index contributed by atoms with van der Waals surface area (Å²) in [5.41, 5.74) is 7.89. The van der Waals surface area contributed by atoms with Crippen molar-refractivity contribution in [1.29, 1.82) is 0 Å². The first-order valence-electron chi connectivity index (χ1n) is 6.35. The van der Waals surface area contributed by atoms with Gasteiger partial charge in [-0.3, -0.25) is 0 Å². The molecule has 0 fully saturated rings. The highest BCUT2D eigenvalue weighted by molar-refractivity contribution is 6.31. The highest BCUT2D eigenvalue weighted by atomic mass is 35.5. The van der Waals surface area contributed by atoms with Gasteiger partial charge in [0.1, 0.15) is 0 Å². The lowest BCUT2D eigenvalue weighted by molar-refractivity contribution is 0.409. The van der Waals surface area contributed by atoms with Crippen LogP contribution >= 0.6 is 11.6 Å². The van der Waals surface area contributed by atoms with E-state index in [0.717, 1.165) is 36.0 Å². The Balaban J connectivity index is 2.89. The van der Waals surface area contributed by atoms with Crippen LogP contribution in [-0.2, 0) is 0 Å². The molecule has 0 aliphatic carbocycles.